The molecule has 18 heavy (non-hydrogen) atoms. The van der Waals surface area contributed by atoms with Crippen molar-refractivity contribution in [3.63, 3.8) is 0 Å². The minimum absolute atomic E-state index is 0.755. The summed E-state index contributed by atoms with van der Waals surface area (Å²) in [4.78, 5) is 4.33. The molecule has 0 fully saturated rings. The van der Waals surface area contributed by atoms with Gasteiger partial charge in [-0.25, -0.2) is 4.98 Å². The molecule has 2 aromatic rings. The average molecular weight is 309 g/mol. The van der Waals surface area contributed by atoms with Gasteiger partial charge in [0, 0.05) is 36.0 Å². The van der Waals surface area contributed by atoms with Crippen LogP contribution in [0.4, 0.5) is 5.82 Å². The number of aromatic nitrogens is 3. The molecule has 2 aromatic heterocycles. The maximum atomic E-state index is 4.42. The lowest BCUT2D eigenvalue weighted by Gasteiger charge is -2.06. The molecular weight excluding hydrogens is 292 g/mol. The molecule has 0 bridgehead atoms. The molecule has 5 heteroatoms. The number of hydrogen-bond donors (Lipinski definition) is 1. The quantitative estimate of drug-likeness (QED) is 0.944. The molecule has 0 radical (unpaired) electrons. The van der Waals surface area contributed by atoms with E-state index in [1.807, 2.05) is 24.0 Å². The van der Waals surface area contributed by atoms with E-state index < -0.39 is 0 Å². The molecule has 0 amide bonds. The summed E-state index contributed by atoms with van der Waals surface area (Å²) in [6.07, 6.45) is 4.82. The van der Waals surface area contributed by atoms with Crippen LogP contribution in [0.5, 0.6) is 0 Å². The standard InChI is InChI=1S/C13H17BrN4/c1-4-12-10(8-18(3)17-12)6-15-13-5-9(2)11(14)7-16-13/h5,7-8H,4,6H2,1-3H3,(H,15,16). The number of nitrogens with zero attached hydrogens (tertiary/aromatic N) is 3. The maximum Gasteiger partial charge on any atom is 0.126 e. The second-order valence-electron chi connectivity index (χ2n) is 4.30. The van der Waals surface area contributed by atoms with Crippen molar-refractivity contribution in [3.8, 4) is 0 Å². The van der Waals surface area contributed by atoms with E-state index in [1.165, 1.54) is 11.1 Å². The zero-order valence-electron chi connectivity index (χ0n) is 10.9. The van der Waals surface area contributed by atoms with Gasteiger partial charge in [-0.2, -0.15) is 5.10 Å². The van der Waals surface area contributed by atoms with Crippen molar-refractivity contribution in [3.05, 3.63) is 39.8 Å². The fraction of sp³-hybridized carbons (Fsp3) is 0.385. The number of halogens is 1. The van der Waals surface area contributed by atoms with Crippen LogP contribution < -0.4 is 5.32 Å². The Morgan fingerprint density at radius 1 is 1.44 bits per heavy atom. The second-order valence-corrected chi connectivity index (χ2v) is 5.15. The summed E-state index contributed by atoms with van der Waals surface area (Å²) >= 11 is 3.45. The Bertz CT molecular complexity index is 548. The largest absolute Gasteiger partial charge is 0.366 e. The monoisotopic (exact) mass is 308 g/mol. The molecule has 0 saturated heterocycles. The van der Waals surface area contributed by atoms with E-state index in [-0.39, 0.29) is 0 Å². The summed E-state index contributed by atoms with van der Waals surface area (Å²) < 4.78 is 2.89. The van der Waals surface area contributed by atoms with Gasteiger partial charge in [0.2, 0.25) is 0 Å². The number of aryl methyl sites for hydroxylation is 3. The highest BCUT2D eigenvalue weighted by atomic mass is 79.9. The van der Waals surface area contributed by atoms with Gasteiger partial charge in [0.05, 0.1) is 5.69 Å². The maximum absolute atomic E-state index is 4.42. The van der Waals surface area contributed by atoms with Gasteiger partial charge >= 0.3 is 0 Å². The van der Waals surface area contributed by atoms with Crippen LogP contribution >= 0.6 is 15.9 Å². The molecule has 0 atom stereocenters. The highest BCUT2D eigenvalue weighted by molar-refractivity contribution is 9.10. The van der Waals surface area contributed by atoms with E-state index in [4.69, 9.17) is 0 Å². The van der Waals surface area contributed by atoms with Crippen molar-refractivity contribution < 1.29 is 0 Å². The minimum atomic E-state index is 0.755. The van der Waals surface area contributed by atoms with E-state index in [1.54, 1.807) is 0 Å². The number of anilines is 1. The smallest absolute Gasteiger partial charge is 0.126 e. The normalized spacial score (nSPS) is 10.7. The van der Waals surface area contributed by atoms with Gasteiger partial charge in [-0.15, -0.1) is 0 Å². The fourth-order valence-electron chi connectivity index (χ4n) is 1.85. The zero-order valence-corrected chi connectivity index (χ0v) is 12.5. The van der Waals surface area contributed by atoms with Crippen molar-refractivity contribution >= 4 is 21.7 Å². The van der Waals surface area contributed by atoms with Crippen molar-refractivity contribution in [2.75, 3.05) is 5.32 Å². The van der Waals surface area contributed by atoms with E-state index in [9.17, 15) is 0 Å². The first-order valence-electron chi connectivity index (χ1n) is 5.97. The molecular formula is C13H17BrN4. The van der Waals surface area contributed by atoms with Gasteiger partial charge in [-0.3, -0.25) is 4.68 Å². The molecule has 0 aliphatic heterocycles. The molecule has 0 aliphatic rings. The van der Waals surface area contributed by atoms with Crippen molar-refractivity contribution in [2.45, 2.75) is 26.8 Å². The van der Waals surface area contributed by atoms with Crippen LogP contribution in [0.3, 0.4) is 0 Å². The lowest BCUT2D eigenvalue weighted by atomic mass is 10.2. The fourth-order valence-corrected chi connectivity index (χ4v) is 2.07. The van der Waals surface area contributed by atoms with E-state index >= 15 is 0 Å². The zero-order chi connectivity index (χ0) is 13.1. The Balaban J connectivity index is 2.08. The molecule has 0 aromatic carbocycles. The molecule has 2 heterocycles. The van der Waals surface area contributed by atoms with E-state index in [0.717, 1.165) is 29.0 Å². The van der Waals surface area contributed by atoms with Gasteiger partial charge in [-0.1, -0.05) is 6.92 Å². The van der Waals surface area contributed by atoms with Gasteiger partial charge < -0.3 is 5.32 Å². The third-order valence-electron chi connectivity index (χ3n) is 2.83. The number of nitrogens with one attached hydrogen (secondary N) is 1. The second kappa shape index (κ2) is 5.52. The van der Waals surface area contributed by atoms with Crippen LogP contribution in [-0.4, -0.2) is 14.8 Å². The topological polar surface area (TPSA) is 42.7 Å². The van der Waals surface area contributed by atoms with Crippen LogP contribution in [0.1, 0.15) is 23.7 Å². The van der Waals surface area contributed by atoms with Gasteiger partial charge in [0.1, 0.15) is 5.82 Å². The van der Waals surface area contributed by atoms with Crippen molar-refractivity contribution in [1.29, 1.82) is 0 Å². The third-order valence-corrected chi connectivity index (χ3v) is 3.66. The lowest BCUT2D eigenvalue weighted by molar-refractivity contribution is 0.746. The third kappa shape index (κ3) is 2.90. The predicted molar refractivity (Wildman–Crippen MR) is 76.6 cm³/mol. The highest BCUT2D eigenvalue weighted by Gasteiger charge is 2.06. The van der Waals surface area contributed by atoms with Gasteiger partial charge in [0.15, 0.2) is 0 Å². The Hall–Kier alpha value is -1.36. The van der Waals surface area contributed by atoms with Crippen LogP contribution in [0.15, 0.2) is 22.9 Å². The average Bonchev–Trinajstić information content (AvgIpc) is 2.71. The number of rotatable bonds is 4. The summed E-state index contributed by atoms with van der Waals surface area (Å²) in [5.41, 5.74) is 3.54. The van der Waals surface area contributed by atoms with Crippen LogP contribution in [-0.2, 0) is 20.0 Å². The van der Waals surface area contributed by atoms with E-state index in [0.29, 0.717) is 0 Å². The number of hydrogen-bond acceptors (Lipinski definition) is 3. The Morgan fingerprint density at radius 3 is 2.89 bits per heavy atom. The van der Waals surface area contributed by atoms with Crippen LogP contribution in [0.25, 0.3) is 0 Å². The molecule has 0 unspecified atom stereocenters. The first-order chi connectivity index (χ1) is 8.60. The van der Waals surface area contributed by atoms with Gasteiger partial charge in [-0.05, 0) is 40.9 Å². The van der Waals surface area contributed by atoms with Crippen molar-refractivity contribution in [1.82, 2.24) is 14.8 Å². The minimum Gasteiger partial charge on any atom is -0.366 e. The molecule has 1 N–H and O–H groups in total. The first-order valence-corrected chi connectivity index (χ1v) is 6.77. The Kier molecular flexibility index (Phi) is 4.01. The van der Waals surface area contributed by atoms with Crippen molar-refractivity contribution in [2.24, 2.45) is 7.05 Å². The molecule has 2 rings (SSSR count). The summed E-state index contributed by atoms with van der Waals surface area (Å²) in [5, 5.41) is 7.75. The molecule has 0 saturated carbocycles. The lowest BCUT2D eigenvalue weighted by Crippen LogP contribution is -2.03. The van der Waals surface area contributed by atoms with E-state index in [2.05, 4.69) is 51.4 Å². The molecule has 4 nitrogen and oxygen atoms in total. The van der Waals surface area contributed by atoms with Crippen LogP contribution in [0, 0.1) is 6.92 Å². The molecule has 96 valence electrons. The summed E-state index contributed by atoms with van der Waals surface area (Å²) in [6, 6.07) is 2.03. The van der Waals surface area contributed by atoms with Crippen LogP contribution in [0.2, 0.25) is 0 Å². The molecule has 0 aliphatic carbocycles. The number of pyridine rings is 1. The SMILES string of the molecule is CCc1nn(C)cc1CNc1cc(C)c(Br)cn1. The first kappa shape index (κ1) is 13.1. The summed E-state index contributed by atoms with van der Waals surface area (Å²) in [7, 11) is 1.95. The Morgan fingerprint density at radius 2 is 2.22 bits per heavy atom. The molecule has 0 spiro atoms. The van der Waals surface area contributed by atoms with Gasteiger partial charge in [0.25, 0.3) is 0 Å². The Labute approximate surface area is 116 Å². The summed E-state index contributed by atoms with van der Waals surface area (Å²) in [6.45, 7) is 4.93. The summed E-state index contributed by atoms with van der Waals surface area (Å²) in [5.74, 6) is 0.890. The highest BCUT2D eigenvalue weighted by Crippen LogP contribution is 2.18. The predicted octanol–water partition coefficient (Wildman–Crippen LogP) is 3.06.